The third kappa shape index (κ3) is 5.30. The molecule has 0 amide bonds. The van der Waals surface area contributed by atoms with Crippen molar-refractivity contribution in [2.75, 3.05) is 26.8 Å². The van der Waals surface area contributed by atoms with Crippen LogP contribution in [0.4, 0.5) is 0 Å². The Labute approximate surface area is 96.7 Å². The Morgan fingerprint density at radius 1 is 1.27 bits per heavy atom. The Kier molecular flexibility index (Phi) is 6.64. The Bertz CT molecular complexity index is 260. The molecule has 0 saturated heterocycles. The number of ether oxygens (including phenoxy) is 1. The van der Waals surface area contributed by atoms with Crippen molar-refractivity contribution in [2.24, 2.45) is 0 Å². The van der Waals surface area contributed by atoms with Crippen LogP contribution in [-0.2, 0) is 17.6 Å². The van der Waals surface area contributed by atoms with Crippen LogP contribution in [0, 0.1) is 0 Å². The molecule has 0 fully saturated rings. The smallest absolute Gasteiger partial charge is 0.0587 e. The largest absolute Gasteiger partial charge is 0.383 e. The Morgan fingerprint density at radius 2 is 2.07 bits per heavy atom. The summed E-state index contributed by atoms with van der Waals surface area (Å²) in [4.78, 5) is 3.01. The summed E-state index contributed by atoms with van der Waals surface area (Å²) in [5, 5.41) is 3.36. The highest BCUT2D eigenvalue weighted by Gasteiger charge is 1.97. The summed E-state index contributed by atoms with van der Waals surface area (Å²) in [7, 11) is 1.74. The van der Waals surface area contributed by atoms with Crippen molar-refractivity contribution in [3.8, 4) is 0 Å². The van der Waals surface area contributed by atoms with Crippen LogP contribution in [0.3, 0.4) is 0 Å². The van der Waals surface area contributed by atoms with Gasteiger partial charge in [-0.3, -0.25) is 0 Å². The molecular weight excluding hydrogens is 206 g/mol. The monoisotopic (exact) mass is 227 g/mol. The van der Waals surface area contributed by atoms with E-state index in [0.717, 1.165) is 26.1 Å². The minimum absolute atomic E-state index is 0.805. The first-order valence-electron chi connectivity index (χ1n) is 5.64. The fraction of sp³-hybridized carbons (Fsp3) is 0.667. The summed E-state index contributed by atoms with van der Waals surface area (Å²) in [6.07, 6.45) is 3.58. The number of hydrogen-bond acceptors (Lipinski definition) is 3. The first-order valence-corrected chi connectivity index (χ1v) is 6.45. The maximum absolute atomic E-state index is 4.96. The van der Waals surface area contributed by atoms with Crippen molar-refractivity contribution < 1.29 is 4.74 Å². The second kappa shape index (κ2) is 7.85. The van der Waals surface area contributed by atoms with E-state index < -0.39 is 0 Å². The average molecular weight is 227 g/mol. The lowest BCUT2D eigenvalue weighted by Crippen LogP contribution is -2.20. The van der Waals surface area contributed by atoms with Gasteiger partial charge >= 0.3 is 0 Å². The van der Waals surface area contributed by atoms with Crippen molar-refractivity contribution in [2.45, 2.75) is 26.2 Å². The fourth-order valence-electron chi connectivity index (χ4n) is 1.43. The van der Waals surface area contributed by atoms with Crippen molar-refractivity contribution in [1.82, 2.24) is 5.32 Å². The Morgan fingerprint density at radius 3 is 2.73 bits per heavy atom. The van der Waals surface area contributed by atoms with E-state index in [4.69, 9.17) is 4.74 Å². The second-order valence-corrected chi connectivity index (χ2v) is 4.82. The minimum atomic E-state index is 0.805. The molecular formula is C12H21NOS. The molecule has 0 unspecified atom stereocenters. The number of aryl methyl sites for hydroxylation is 2. The molecule has 1 rings (SSSR count). The van der Waals surface area contributed by atoms with Gasteiger partial charge in [0, 0.05) is 23.4 Å². The van der Waals surface area contributed by atoms with Gasteiger partial charge in [0.1, 0.15) is 0 Å². The molecule has 1 heterocycles. The summed E-state index contributed by atoms with van der Waals surface area (Å²) in [6.45, 7) is 5.06. The van der Waals surface area contributed by atoms with Gasteiger partial charge in [-0.2, -0.15) is 0 Å². The topological polar surface area (TPSA) is 21.3 Å². The summed E-state index contributed by atoms with van der Waals surface area (Å²) in [6, 6.07) is 4.51. The van der Waals surface area contributed by atoms with Gasteiger partial charge in [0.2, 0.25) is 0 Å². The molecule has 0 aromatic carbocycles. The zero-order valence-corrected chi connectivity index (χ0v) is 10.5. The van der Waals surface area contributed by atoms with Crippen molar-refractivity contribution >= 4 is 11.3 Å². The zero-order chi connectivity index (χ0) is 10.9. The molecule has 0 aliphatic carbocycles. The summed E-state index contributed by atoms with van der Waals surface area (Å²) in [5.41, 5.74) is 0. The molecule has 1 aromatic heterocycles. The van der Waals surface area contributed by atoms with Gasteiger partial charge in [-0.05, 0) is 37.9 Å². The molecule has 0 atom stereocenters. The molecule has 86 valence electrons. The standard InChI is InChI=1S/C12H21NOS/c1-3-11-6-7-12(15-11)5-4-8-13-9-10-14-2/h6-7,13H,3-5,8-10H2,1-2H3. The normalized spacial score (nSPS) is 10.8. The van der Waals surface area contributed by atoms with Gasteiger partial charge in [-0.15, -0.1) is 11.3 Å². The van der Waals surface area contributed by atoms with Crippen molar-refractivity contribution in [3.63, 3.8) is 0 Å². The predicted octanol–water partition coefficient (Wildman–Crippen LogP) is 2.48. The van der Waals surface area contributed by atoms with E-state index in [2.05, 4.69) is 24.4 Å². The number of thiophene rings is 1. The third-order valence-electron chi connectivity index (χ3n) is 2.33. The number of rotatable bonds is 8. The van der Waals surface area contributed by atoms with Crippen molar-refractivity contribution in [1.29, 1.82) is 0 Å². The second-order valence-electron chi connectivity index (χ2n) is 3.57. The molecule has 3 heteroatoms. The van der Waals surface area contributed by atoms with E-state index in [9.17, 15) is 0 Å². The lowest BCUT2D eigenvalue weighted by Gasteiger charge is -2.02. The molecule has 1 aromatic rings. The SMILES string of the molecule is CCc1ccc(CCCNCCOC)s1. The van der Waals surface area contributed by atoms with Gasteiger partial charge in [0.15, 0.2) is 0 Å². The molecule has 0 aliphatic heterocycles. The van der Waals surface area contributed by atoms with Crippen LogP contribution in [0.2, 0.25) is 0 Å². The molecule has 2 nitrogen and oxygen atoms in total. The maximum atomic E-state index is 4.96. The summed E-state index contributed by atoms with van der Waals surface area (Å²) < 4.78 is 4.96. The van der Waals surface area contributed by atoms with E-state index in [1.807, 2.05) is 11.3 Å². The molecule has 15 heavy (non-hydrogen) atoms. The first-order chi connectivity index (χ1) is 7.36. The quantitative estimate of drug-likeness (QED) is 0.689. The Hall–Kier alpha value is -0.380. The third-order valence-corrected chi connectivity index (χ3v) is 3.61. The first kappa shape index (κ1) is 12.7. The maximum Gasteiger partial charge on any atom is 0.0587 e. The fourth-order valence-corrected chi connectivity index (χ4v) is 2.43. The van der Waals surface area contributed by atoms with Crippen LogP contribution in [0.1, 0.15) is 23.1 Å². The van der Waals surface area contributed by atoms with Gasteiger partial charge in [-0.1, -0.05) is 6.92 Å². The van der Waals surface area contributed by atoms with Crippen LogP contribution in [-0.4, -0.2) is 26.8 Å². The highest BCUT2D eigenvalue weighted by atomic mass is 32.1. The highest BCUT2D eigenvalue weighted by Crippen LogP contribution is 2.17. The van der Waals surface area contributed by atoms with E-state index in [-0.39, 0.29) is 0 Å². The molecule has 0 aliphatic rings. The van der Waals surface area contributed by atoms with Gasteiger partial charge in [-0.25, -0.2) is 0 Å². The predicted molar refractivity (Wildman–Crippen MR) is 66.8 cm³/mol. The minimum Gasteiger partial charge on any atom is -0.383 e. The summed E-state index contributed by atoms with van der Waals surface area (Å²) >= 11 is 1.95. The molecule has 0 spiro atoms. The van der Waals surface area contributed by atoms with Crippen LogP contribution in [0.5, 0.6) is 0 Å². The summed E-state index contributed by atoms with van der Waals surface area (Å²) in [5.74, 6) is 0. The zero-order valence-electron chi connectivity index (χ0n) is 9.71. The van der Waals surface area contributed by atoms with Gasteiger partial charge in [0.05, 0.1) is 6.61 Å². The lowest BCUT2D eigenvalue weighted by atomic mass is 10.2. The van der Waals surface area contributed by atoms with E-state index in [0.29, 0.717) is 0 Å². The van der Waals surface area contributed by atoms with Crippen molar-refractivity contribution in [3.05, 3.63) is 21.9 Å². The molecule has 0 radical (unpaired) electrons. The van der Waals surface area contributed by atoms with Crippen LogP contribution >= 0.6 is 11.3 Å². The molecule has 0 bridgehead atoms. The number of methoxy groups -OCH3 is 1. The number of hydrogen-bond donors (Lipinski definition) is 1. The van der Waals surface area contributed by atoms with Crippen LogP contribution in [0.25, 0.3) is 0 Å². The van der Waals surface area contributed by atoms with Crippen LogP contribution < -0.4 is 5.32 Å². The van der Waals surface area contributed by atoms with E-state index >= 15 is 0 Å². The van der Waals surface area contributed by atoms with Crippen LogP contribution in [0.15, 0.2) is 12.1 Å². The van der Waals surface area contributed by atoms with E-state index in [1.165, 1.54) is 22.6 Å². The van der Waals surface area contributed by atoms with E-state index in [1.54, 1.807) is 7.11 Å². The lowest BCUT2D eigenvalue weighted by molar-refractivity contribution is 0.199. The Balaban J connectivity index is 2.04. The molecule has 0 saturated carbocycles. The van der Waals surface area contributed by atoms with Gasteiger partial charge in [0.25, 0.3) is 0 Å². The molecule has 1 N–H and O–H groups in total. The highest BCUT2D eigenvalue weighted by molar-refractivity contribution is 7.11. The van der Waals surface area contributed by atoms with Gasteiger partial charge < -0.3 is 10.1 Å². The number of nitrogens with one attached hydrogen (secondary N) is 1. The average Bonchev–Trinajstić information content (AvgIpc) is 2.71.